The van der Waals surface area contributed by atoms with Crippen molar-refractivity contribution in [3.8, 4) is 0 Å². The number of carbonyl (C=O) groups excluding carboxylic acids is 6. The lowest BCUT2D eigenvalue weighted by atomic mass is 10.1. The molecule has 0 aromatic heterocycles. The largest absolute Gasteiger partial charge is 0.447 e. The van der Waals surface area contributed by atoms with Gasteiger partial charge in [0.2, 0.25) is 0 Å². The van der Waals surface area contributed by atoms with E-state index in [1.54, 1.807) is 27.7 Å². The highest BCUT2D eigenvalue weighted by molar-refractivity contribution is 6.01. The summed E-state index contributed by atoms with van der Waals surface area (Å²) in [5.74, 6) is 0. The predicted molar refractivity (Wildman–Crippen MR) is 163 cm³/mol. The van der Waals surface area contributed by atoms with Crippen molar-refractivity contribution in [1.29, 1.82) is 0 Å². The van der Waals surface area contributed by atoms with Crippen molar-refractivity contribution in [1.82, 2.24) is 37.2 Å². The molecular weight excluding hydrogens is 578 g/mol. The molecule has 0 spiro atoms. The molecule has 0 aromatic rings. The minimum Gasteiger partial charge on any atom is -0.447 e. The average Bonchev–Trinajstić information content (AvgIpc) is 2.92. The number of ether oxygens (including phenoxy) is 3. The second kappa shape index (κ2) is 24.5. The van der Waals surface area contributed by atoms with Crippen molar-refractivity contribution in [2.75, 3.05) is 39.4 Å². The zero-order valence-corrected chi connectivity index (χ0v) is 26.9. The summed E-state index contributed by atoms with van der Waals surface area (Å²) in [5, 5.41) is 16.8. The fourth-order valence-corrected chi connectivity index (χ4v) is 3.46. The van der Waals surface area contributed by atoms with E-state index in [1.807, 2.05) is 10.6 Å². The Morgan fingerprint density at radius 3 is 1.48 bits per heavy atom. The Labute approximate surface area is 260 Å². The Hall–Kier alpha value is -3.98. The van der Waals surface area contributed by atoms with Gasteiger partial charge in [-0.3, -0.25) is 10.6 Å². The zero-order valence-electron chi connectivity index (χ0n) is 26.9. The third kappa shape index (κ3) is 25.7. The predicted octanol–water partition coefficient (Wildman–Crippen LogP) is 3.60. The fourth-order valence-electron chi connectivity index (χ4n) is 3.46. The summed E-state index contributed by atoms with van der Waals surface area (Å²) in [4.78, 5) is 70.9. The molecule has 0 rings (SSSR count). The molecule has 1 unspecified atom stereocenters. The maximum atomic E-state index is 12.1. The molecule has 0 aliphatic rings. The summed E-state index contributed by atoms with van der Waals surface area (Å²) in [6.07, 6.45) is 5.90. The van der Waals surface area contributed by atoms with E-state index in [0.29, 0.717) is 39.0 Å². The topological polar surface area (TPSA) is 214 Å². The number of imide groups is 2. The lowest BCUT2D eigenvalue weighted by molar-refractivity contribution is 0.0415. The van der Waals surface area contributed by atoms with E-state index in [1.165, 1.54) is 0 Å². The first-order valence-corrected chi connectivity index (χ1v) is 15.3. The van der Waals surface area contributed by atoms with Gasteiger partial charge in [-0.15, -0.1) is 0 Å². The average molecular weight is 632 g/mol. The summed E-state index contributed by atoms with van der Waals surface area (Å²) in [6, 6.07) is -3.11. The van der Waals surface area contributed by atoms with Gasteiger partial charge in [-0.2, -0.15) is 0 Å². The minimum atomic E-state index is -0.912. The molecule has 7 N–H and O–H groups in total. The summed E-state index contributed by atoms with van der Waals surface area (Å²) in [7, 11) is 0. The second-order valence-corrected chi connectivity index (χ2v) is 10.9. The van der Waals surface area contributed by atoms with Crippen molar-refractivity contribution in [2.45, 2.75) is 104 Å². The number of hydrogen-bond acceptors (Lipinski definition) is 9. The van der Waals surface area contributed by atoms with Crippen LogP contribution in [0.2, 0.25) is 0 Å². The summed E-state index contributed by atoms with van der Waals surface area (Å²) >= 11 is 0. The Bertz CT molecular complexity index is 882. The molecule has 0 radical (unpaired) electrons. The Kier molecular flexibility index (Phi) is 22.2. The Balaban J connectivity index is 4.05. The molecule has 44 heavy (non-hydrogen) atoms. The molecule has 254 valence electrons. The maximum Gasteiger partial charge on any atom is 0.408 e. The molecule has 0 bridgehead atoms. The normalized spacial score (nSPS) is 11.3. The lowest BCUT2D eigenvalue weighted by Crippen LogP contribution is -2.49. The number of urea groups is 3. The van der Waals surface area contributed by atoms with Crippen LogP contribution >= 0.6 is 0 Å². The van der Waals surface area contributed by atoms with Crippen LogP contribution in [-0.4, -0.2) is 87.4 Å². The number of alkyl carbamates (subject to hydrolysis) is 3. The number of amides is 9. The molecule has 16 heteroatoms. The molecule has 9 amide bonds. The molecule has 0 aliphatic heterocycles. The van der Waals surface area contributed by atoms with Gasteiger partial charge in [0.05, 0.1) is 0 Å². The van der Waals surface area contributed by atoms with Crippen molar-refractivity contribution in [3.05, 3.63) is 0 Å². The maximum absolute atomic E-state index is 12.1. The number of carbonyl (C=O) groups is 6. The molecule has 16 nitrogen and oxygen atoms in total. The van der Waals surface area contributed by atoms with E-state index in [0.717, 1.165) is 44.9 Å². The number of unbranched alkanes of at least 4 members (excludes halogenated alkanes) is 7. The minimum absolute atomic E-state index is 0.232. The zero-order chi connectivity index (χ0) is 33.2. The van der Waals surface area contributed by atoms with Crippen LogP contribution in [0.1, 0.15) is 92.4 Å². The quantitative estimate of drug-likeness (QED) is 0.0818. The van der Waals surface area contributed by atoms with Gasteiger partial charge in [-0.1, -0.05) is 45.4 Å². The van der Waals surface area contributed by atoms with Crippen molar-refractivity contribution < 1.29 is 43.0 Å². The van der Waals surface area contributed by atoms with Crippen molar-refractivity contribution in [3.63, 3.8) is 0 Å². The molecule has 1 atom stereocenters. The number of rotatable bonds is 19. The van der Waals surface area contributed by atoms with Gasteiger partial charge in [-0.25, -0.2) is 28.8 Å². The van der Waals surface area contributed by atoms with Crippen LogP contribution < -0.4 is 37.2 Å². The van der Waals surface area contributed by atoms with Crippen LogP contribution in [0, 0.1) is 0 Å². The lowest BCUT2D eigenvalue weighted by Gasteiger charge is -2.23. The molecule has 0 heterocycles. The Morgan fingerprint density at radius 2 is 1.02 bits per heavy atom. The van der Waals surface area contributed by atoms with Gasteiger partial charge in [-0.05, 0) is 47.0 Å². The van der Waals surface area contributed by atoms with E-state index in [-0.39, 0.29) is 13.2 Å². The highest BCUT2D eigenvalue weighted by Gasteiger charge is 2.22. The molecule has 0 saturated heterocycles. The third-order valence-electron chi connectivity index (χ3n) is 5.55. The second-order valence-electron chi connectivity index (χ2n) is 10.9. The van der Waals surface area contributed by atoms with E-state index in [2.05, 4.69) is 33.5 Å². The van der Waals surface area contributed by atoms with Crippen LogP contribution in [0.5, 0.6) is 0 Å². The fraction of sp³-hybridized carbons (Fsp3) is 0.786. The number of nitrogens with one attached hydrogen (secondary N) is 7. The van der Waals surface area contributed by atoms with Crippen molar-refractivity contribution >= 4 is 36.4 Å². The smallest absolute Gasteiger partial charge is 0.408 e. The highest BCUT2D eigenvalue weighted by atomic mass is 16.6. The van der Waals surface area contributed by atoms with Crippen molar-refractivity contribution in [2.24, 2.45) is 0 Å². The highest BCUT2D eigenvalue weighted by Crippen LogP contribution is 2.07. The van der Waals surface area contributed by atoms with Gasteiger partial charge < -0.3 is 40.8 Å². The molecular formula is C28H53N7O9. The van der Waals surface area contributed by atoms with Gasteiger partial charge in [0.25, 0.3) is 0 Å². The van der Waals surface area contributed by atoms with E-state index < -0.39 is 48.0 Å². The van der Waals surface area contributed by atoms with Crippen LogP contribution in [0.4, 0.5) is 28.8 Å². The first kappa shape index (κ1) is 40.0. The summed E-state index contributed by atoms with van der Waals surface area (Å²) < 4.78 is 15.4. The first-order valence-electron chi connectivity index (χ1n) is 15.3. The summed E-state index contributed by atoms with van der Waals surface area (Å²) in [5.41, 5.74) is -0.738. The van der Waals surface area contributed by atoms with E-state index in [4.69, 9.17) is 14.2 Å². The first-order chi connectivity index (χ1) is 20.9. The van der Waals surface area contributed by atoms with Gasteiger partial charge in [0, 0.05) is 26.2 Å². The van der Waals surface area contributed by atoms with Gasteiger partial charge in [0.1, 0.15) is 24.9 Å². The van der Waals surface area contributed by atoms with E-state index >= 15 is 0 Å². The molecule has 0 aromatic carbocycles. The van der Waals surface area contributed by atoms with Crippen LogP contribution in [-0.2, 0) is 14.2 Å². The molecule has 0 aliphatic carbocycles. The molecule has 0 fully saturated rings. The van der Waals surface area contributed by atoms with E-state index in [9.17, 15) is 28.8 Å². The molecule has 0 saturated carbocycles. The van der Waals surface area contributed by atoms with Crippen LogP contribution in [0.25, 0.3) is 0 Å². The van der Waals surface area contributed by atoms with Crippen LogP contribution in [0.3, 0.4) is 0 Å². The SMILES string of the molecule is CCCCCCCNC(=O)NC(=O)NC(=O)NCCCCCCNC(=O)OCC(COC(=O)NCC)NC(=O)OC(C)(C)C. The number of hydrogen-bond donors (Lipinski definition) is 7. The van der Waals surface area contributed by atoms with Gasteiger partial charge >= 0.3 is 36.4 Å². The summed E-state index contributed by atoms with van der Waals surface area (Å²) in [6.45, 7) is 9.95. The van der Waals surface area contributed by atoms with Gasteiger partial charge in [0.15, 0.2) is 0 Å². The monoisotopic (exact) mass is 631 g/mol. The van der Waals surface area contributed by atoms with Crippen LogP contribution in [0.15, 0.2) is 0 Å². The standard InChI is InChI=1S/C28H53N7O9/c1-6-8-9-10-13-16-30-22(36)34-24(38)35-23(37)31-17-14-11-12-15-18-32-26(40)43-20-21(19-42-25(39)29-7-2)33-27(41)44-28(3,4)5/h21H,6-20H2,1-5H3,(H,29,39)(H,32,40)(H,33,41)(H4,30,31,34,35,36,37,38). The third-order valence-corrected chi connectivity index (χ3v) is 5.55. The Morgan fingerprint density at radius 1 is 0.568 bits per heavy atom.